The zero-order valence-corrected chi connectivity index (χ0v) is 10.3. The van der Waals surface area contributed by atoms with Gasteiger partial charge >= 0.3 is 0 Å². The number of aryl methyl sites for hydroxylation is 2. The Hall–Kier alpha value is -1.89. The van der Waals surface area contributed by atoms with Gasteiger partial charge in [-0.3, -0.25) is 4.98 Å². The van der Waals surface area contributed by atoms with E-state index in [0.29, 0.717) is 0 Å². The van der Waals surface area contributed by atoms with Crippen molar-refractivity contribution in [2.24, 2.45) is 0 Å². The lowest BCUT2D eigenvalue weighted by molar-refractivity contribution is 0.687. The minimum atomic E-state index is 1.14. The first kappa shape index (κ1) is 10.1. The van der Waals surface area contributed by atoms with Crippen LogP contribution in [-0.2, 0) is 12.8 Å². The van der Waals surface area contributed by atoms with Gasteiger partial charge in [0.1, 0.15) is 0 Å². The Kier molecular flexibility index (Phi) is 2.13. The second kappa shape index (κ2) is 3.81. The summed E-state index contributed by atoms with van der Waals surface area (Å²) in [5.41, 5.74) is 4.22. The van der Waals surface area contributed by atoms with Crippen molar-refractivity contribution in [2.75, 3.05) is 0 Å². The van der Waals surface area contributed by atoms with Crippen LogP contribution in [0.5, 0.6) is 0 Å². The predicted molar refractivity (Wildman–Crippen MR) is 75.9 cm³/mol. The van der Waals surface area contributed by atoms with Crippen molar-refractivity contribution in [2.45, 2.75) is 25.7 Å². The van der Waals surface area contributed by atoms with Crippen LogP contribution in [0.3, 0.4) is 0 Å². The Morgan fingerprint density at radius 3 is 2.50 bits per heavy atom. The van der Waals surface area contributed by atoms with Gasteiger partial charge in [-0.25, -0.2) is 0 Å². The predicted octanol–water partition coefficient (Wildman–Crippen LogP) is 4.27. The maximum absolute atomic E-state index is 4.56. The summed E-state index contributed by atoms with van der Waals surface area (Å²) in [7, 11) is 0. The summed E-state index contributed by atoms with van der Waals surface area (Å²) in [6.07, 6.45) is 7.03. The molecule has 4 rings (SSSR count). The monoisotopic (exact) mass is 233 g/mol. The second-order valence-corrected chi connectivity index (χ2v) is 5.19. The van der Waals surface area contributed by atoms with Crippen LogP contribution in [0.25, 0.3) is 21.7 Å². The number of nitrogens with zero attached hydrogens (tertiary/aromatic N) is 1. The first-order valence-corrected chi connectivity index (χ1v) is 6.71. The molecule has 2 aromatic carbocycles. The van der Waals surface area contributed by atoms with Gasteiger partial charge in [-0.2, -0.15) is 0 Å². The molecule has 0 radical (unpaired) electrons. The van der Waals surface area contributed by atoms with E-state index in [9.17, 15) is 0 Å². The van der Waals surface area contributed by atoms with E-state index < -0.39 is 0 Å². The van der Waals surface area contributed by atoms with Crippen molar-refractivity contribution in [3.63, 3.8) is 0 Å². The largest absolute Gasteiger partial charge is 0.256 e. The van der Waals surface area contributed by atoms with Crippen LogP contribution in [0.1, 0.15) is 24.0 Å². The highest BCUT2D eigenvalue weighted by atomic mass is 14.6. The van der Waals surface area contributed by atoms with Crippen molar-refractivity contribution in [3.8, 4) is 0 Å². The highest BCUT2D eigenvalue weighted by Gasteiger charge is 2.11. The molecule has 0 saturated heterocycles. The molecule has 1 aliphatic rings. The van der Waals surface area contributed by atoms with Gasteiger partial charge < -0.3 is 0 Å². The molecule has 0 amide bonds. The molecular weight excluding hydrogens is 218 g/mol. The molecule has 0 unspecified atom stereocenters. The Morgan fingerprint density at radius 2 is 1.61 bits per heavy atom. The summed E-state index contributed by atoms with van der Waals surface area (Å²) in [6, 6.07) is 13.3. The quantitative estimate of drug-likeness (QED) is 0.528. The number of pyridine rings is 1. The van der Waals surface area contributed by atoms with E-state index in [1.54, 1.807) is 5.56 Å². The summed E-state index contributed by atoms with van der Waals surface area (Å²) >= 11 is 0. The first-order chi connectivity index (χ1) is 8.92. The van der Waals surface area contributed by atoms with Gasteiger partial charge in [-0.1, -0.05) is 24.3 Å². The SMILES string of the molecule is c1cnc2c(c1)ccc1cc3c(cc12)CCCC3. The molecule has 18 heavy (non-hydrogen) atoms. The van der Waals surface area contributed by atoms with E-state index in [1.807, 2.05) is 12.3 Å². The number of hydrogen-bond donors (Lipinski definition) is 0. The highest BCUT2D eigenvalue weighted by Crippen LogP contribution is 2.30. The maximum atomic E-state index is 4.56. The Labute approximate surface area is 106 Å². The average Bonchev–Trinajstić information content (AvgIpc) is 2.45. The summed E-state index contributed by atoms with van der Waals surface area (Å²) in [5, 5.41) is 3.89. The van der Waals surface area contributed by atoms with Gasteiger partial charge in [-0.15, -0.1) is 0 Å². The molecule has 1 aromatic heterocycles. The Balaban J connectivity index is 2.12. The van der Waals surface area contributed by atoms with Gasteiger partial charge in [0.2, 0.25) is 0 Å². The molecular formula is C17H15N. The number of fused-ring (bicyclic) bond motifs is 4. The maximum Gasteiger partial charge on any atom is 0.0780 e. The normalized spacial score (nSPS) is 14.9. The summed E-state index contributed by atoms with van der Waals surface area (Å²) < 4.78 is 0. The molecule has 88 valence electrons. The minimum absolute atomic E-state index is 1.14. The molecule has 0 atom stereocenters. The standard InChI is InChI=1S/C17H15N/c1-2-5-14-11-16-15(10-13(14)4-1)8-7-12-6-3-9-18-17(12)16/h3,6-11H,1-2,4-5H2. The topological polar surface area (TPSA) is 12.9 Å². The van der Waals surface area contributed by atoms with Crippen molar-refractivity contribution < 1.29 is 0 Å². The molecule has 1 aliphatic carbocycles. The van der Waals surface area contributed by atoms with Crippen LogP contribution in [0.4, 0.5) is 0 Å². The molecule has 0 spiro atoms. The fraction of sp³-hybridized carbons (Fsp3) is 0.235. The van der Waals surface area contributed by atoms with Crippen LogP contribution < -0.4 is 0 Å². The number of aromatic nitrogens is 1. The molecule has 0 aliphatic heterocycles. The lowest BCUT2D eigenvalue weighted by Crippen LogP contribution is -2.02. The third kappa shape index (κ3) is 1.43. The average molecular weight is 233 g/mol. The van der Waals surface area contributed by atoms with E-state index >= 15 is 0 Å². The van der Waals surface area contributed by atoms with E-state index in [2.05, 4.69) is 35.3 Å². The van der Waals surface area contributed by atoms with Crippen LogP contribution in [0.2, 0.25) is 0 Å². The van der Waals surface area contributed by atoms with Crippen LogP contribution in [0.15, 0.2) is 42.6 Å². The lowest BCUT2D eigenvalue weighted by Gasteiger charge is -2.17. The zero-order chi connectivity index (χ0) is 11.9. The van der Waals surface area contributed by atoms with Crippen LogP contribution >= 0.6 is 0 Å². The van der Waals surface area contributed by atoms with Crippen molar-refractivity contribution in [3.05, 3.63) is 53.7 Å². The summed E-state index contributed by atoms with van der Waals surface area (Å²) in [5.74, 6) is 0. The summed E-state index contributed by atoms with van der Waals surface area (Å²) in [6.45, 7) is 0. The number of rotatable bonds is 0. The van der Waals surface area contributed by atoms with E-state index in [1.165, 1.54) is 47.4 Å². The molecule has 0 bridgehead atoms. The lowest BCUT2D eigenvalue weighted by atomic mass is 9.89. The molecule has 1 nitrogen and oxygen atoms in total. The third-order valence-corrected chi connectivity index (χ3v) is 4.05. The molecule has 1 heteroatoms. The van der Waals surface area contributed by atoms with Gasteiger partial charge in [0.25, 0.3) is 0 Å². The number of hydrogen-bond acceptors (Lipinski definition) is 1. The first-order valence-electron chi connectivity index (χ1n) is 6.71. The second-order valence-electron chi connectivity index (χ2n) is 5.19. The highest BCUT2D eigenvalue weighted by molar-refractivity contribution is 6.05. The zero-order valence-electron chi connectivity index (χ0n) is 10.3. The molecule has 0 fully saturated rings. The van der Waals surface area contributed by atoms with E-state index in [4.69, 9.17) is 0 Å². The van der Waals surface area contributed by atoms with Gasteiger partial charge in [0.05, 0.1) is 5.52 Å². The van der Waals surface area contributed by atoms with Gasteiger partial charge in [-0.05, 0) is 54.3 Å². The van der Waals surface area contributed by atoms with Gasteiger partial charge in [0.15, 0.2) is 0 Å². The van der Waals surface area contributed by atoms with Crippen molar-refractivity contribution in [1.29, 1.82) is 0 Å². The smallest absolute Gasteiger partial charge is 0.0780 e. The minimum Gasteiger partial charge on any atom is -0.256 e. The van der Waals surface area contributed by atoms with E-state index in [0.717, 1.165) is 5.52 Å². The van der Waals surface area contributed by atoms with E-state index in [-0.39, 0.29) is 0 Å². The fourth-order valence-electron chi connectivity index (χ4n) is 3.10. The Morgan fingerprint density at radius 1 is 0.833 bits per heavy atom. The fourth-order valence-corrected chi connectivity index (χ4v) is 3.10. The molecule has 1 heterocycles. The number of benzene rings is 2. The van der Waals surface area contributed by atoms with Crippen molar-refractivity contribution in [1.82, 2.24) is 4.98 Å². The van der Waals surface area contributed by atoms with Crippen LogP contribution in [-0.4, -0.2) is 4.98 Å². The molecule has 3 aromatic rings. The Bertz CT molecular complexity index is 743. The molecule has 0 saturated carbocycles. The van der Waals surface area contributed by atoms with Gasteiger partial charge in [0, 0.05) is 17.0 Å². The third-order valence-electron chi connectivity index (χ3n) is 4.05. The van der Waals surface area contributed by atoms with Crippen LogP contribution in [0, 0.1) is 0 Å². The summed E-state index contributed by atoms with van der Waals surface area (Å²) in [4.78, 5) is 4.56. The molecule has 0 N–H and O–H groups in total. The van der Waals surface area contributed by atoms with Crippen molar-refractivity contribution >= 4 is 21.7 Å².